The van der Waals surface area contributed by atoms with Gasteiger partial charge in [0, 0.05) is 6.42 Å². The van der Waals surface area contributed by atoms with E-state index >= 15 is 0 Å². The summed E-state index contributed by atoms with van der Waals surface area (Å²) in [4.78, 5) is 11.3. The molecule has 0 bridgehead atoms. The molecule has 18 heavy (non-hydrogen) atoms. The second kappa shape index (κ2) is 9.35. The lowest BCUT2D eigenvalue weighted by Gasteiger charge is -2.22. The van der Waals surface area contributed by atoms with Gasteiger partial charge in [-0.3, -0.25) is 4.79 Å². The molecule has 0 amide bonds. The van der Waals surface area contributed by atoms with E-state index in [1.807, 2.05) is 0 Å². The van der Waals surface area contributed by atoms with Crippen molar-refractivity contribution in [1.29, 1.82) is 0 Å². The number of hydrogen-bond acceptors (Lipinski definition) is 2. The average Bonchev–Trinajstić information content (AvgIpc) is 2.37. The van der Waals surface area contributed by atoms with Crippen LogP contribution in [-0.2, 0) is 9.53 Å². The third-order valence-electron chi connectivity index (χ3n) is 3.69. The average molecular weight is 258 g/mol. The molecular formula is C15H27FO2. The van der Waals surface area contributed by atoms with Crippen molar-refractivity contribution in [3.05, 3.63) is 0 Å². The van der Waals surface area contributed by atoms with Crippen molar-refractivity contribution in [2.75, 3.05) is 0 Å². The maximum Gasteiger partial charge on any atom is 0.305 e. The number of halogens is 1. The first-order valence-electron chi connectivity index (χ1n) is 7.57. The number of ether oxygens (including phenoxy) is 1. The van der Waals surface area contributed by atoms with E-state index in [1.54, 1.807) is 6.92 Å². The third-order valence-corrected chi connectivity index (χ3v) is 3.69. The van der Waals surface area contributed by atoms with Gasteiger partial charge >= 0.3 is 5.97 Å². The normalized spacial score (nSPS) is 27.9. The first-order valence-corrected chi connectivity index (χ1v) is 7.57. The van der Waals surface area contributed by atoms with E-state index in [1.165, 1.54) is 25.7 Å². The SMILES string of the molecule is CCC(=O)OC1CCCCCCCCCC[C@H]1F. The van der Waals surface area contributed by atoms with Gasteiger partial charge in [-0.2, -0.15) is 0 Å². The zero-order valence-corrected chi connectivity index (χ0v) is 11.6. The quantitative estimate of drug-likeness (QED) is 0.679. The van der Waals surface area contributed by atoms with Gasteiger partial charge in [-0.25, -0.2) is 4.39 Å². The van der Waals surface area contributed by atoms with Crippen LogP contribution >= 0.6 is 0 Å². The van der Waals surface area contributed by atoms with Gasteiger partial charge in [-0.05, 0) is 19.3 Å². The molecule has 0 radical (unpaired) electrons. The summed E-state index contributed by atoms with van der Waals surface area (Å²) in [5.74, 6) is -0.269. The molecule has 0 heterocycles. The molecule has 1 unspecified atom stereocenters. The number of hydrogen-bond donors (Lipinski definition) is 0. The lowest BCUT2D eigenvalue weighted by molar-refractivity contribution is -0.152. The Morgan fingerprint density at radius 1 is 1.00 bits per heavy atom. The fraction of sp³-hybridized carbons (Fsp3) is 0.933. The molecule has 1 aliphatic carbocycles. The molecule has 1 fully saturated rings. The van der Waals surface area contributed by atoms with E-state index in [0.717, 1.165) is 25.7 Å². The molecule has 0 N–H and O–H groups in total. The Bertz CT molecular complexity index is 231. The molecule has 1 saturated carbocycles. The van der Waals surface area contributed by atoms with Crippen molar-refractivity contribution >= 4 is 5.97 Å². The van der Waals surface area contributed by atoms with Crippen LogP contribution in [0.2, 0.25) is 0 Å². The first-order chi connectivity index (χ1) is 8.74. The number of esters is 1. The predicted octanol–water partition coefficient (Wildman–Crippen LogP) is 4.56. The van der Waals surface area contributed by atoms with Crippen molar-refractivity contribution in [1.82, 2.24) is 0 Å². The highest BCUT2D eigenvalue weighted by Crippen LogP contribution is 2.21. The van der Waals surface area contributed by atoms with Crippen LogP contribution in [0.1, 0.15) is 77.6 Å². The van der Waals surface area contributed by atoms with E-state index in [2.05, 4.69) is 0 Å². The Balaban J connectivity index is 2.44. The molecule has 0 aromatic carbocycles. The van der Waals surface area contributed by atoms with Crippen LogP contribution in [0.25, 0.3) is 0 Å². The fourth-order valence-corrected chi connectivity index (χ4v) is 2.50. The van der Waals surface area contributed by atoms with Crippen LogP contribution in [0, 0.1) is 0 Å². The van der Waals surface area contributed by atoms with Crippen molar-refractivity contribution in [2.24, 2.45) is 0 Å². The van der Waals surface area contributed by atoms with Gasteiger partial charge in [-0.1, -0.05) is 51.9 Å². The fourth-order valence-electron chi connectivity index (χ4n) is 2.50. The van der Waals surface area contributed by atoms with Crippen LogP contribution in [0.15, 0.2) is 0 Å². The number of rotatable bonds is 2. The second-order valence-electron chi connectivity index (χ2n) is 5.30. The Kier molecular flexibility index (Phi) is 8.03. The smallest absolute Gasteiger partial charge is 0.305 e. The van der Waals surface area contributed by atoms with Gasteiger partial charge in [-0.15, -0.1) is 0 Å². The Morgan fingerprint density at radius 2 is 1.50 bits per heavy atom. The van der Waals surface area contributed by atoms with Crippen molar-refractivity contribution in [3.8, 4) is 0 Å². The molecule has 106 valence electrons. The van der Waals surface area contributed by atoms with Gasteiger partial charge in [0.15, 0.2) is 0 Å². The molecule has 3 heteroatoms. The Morgan fingerprint density at radius 3 is 2.06 bits per heavy atom. The van der Waals surface area contributed by atoms with Crippen molar-refractivity contribution < 1.29 is 13.9 Å². The zero-order valence-electron chi connectivity index (χ0n) is 11.6. The number of carbonyl (C=O) groups is 1. The Hall–Kier alpha value is -0.600. The minimum atomic E-state index is -0.972. The van der Waals surface area contributed by atoms with Crippen LogP contribution in [0.5, 0.6) is 0 Å². The van der Waals surface area contributed by atoms with Gasteiger partial charge < -0.3 is 4.74 Å². The van der Waals surface area contributed by atoms with E-state index < -0.39 is 12.3 Å². The summed E-state index contributed by atoms with van der Waals surface area (Å²) in [5.41, 5.74) is 0. The molecule has 0 aliphatic heterocycles. The monoisotopic (exact) mass is 258 g/mol. The maximum atomic E-state index is 14.1. The minimum Gasteiger partial charge on any atom is -0.459 e. The second-order valence-corrected chi connectivity index (χ2v) is 5.30. The Labute approximate surface area is 110 Å². The van der Waals surface area contributed by atoms with Crippen LogP contribution in [0.4, 0.5) is 4.39 Å². The van der Waals surface area contributed by atoms with Crippen molar-refractivity contribution in [3.63, 3.8) is 0 Å². The standard InChI is InChI=1S/C15H27FO2/c1-2-15(17)18-14-12-10-8-6-4-3-5-7-9-11-13(14)16/h13-14H,2-12H2,1H3/t13-,14?/m1/s1. The molecule has 0 aromatic heterocycles. The molecular weight excluding hydrogens is 231 g/mol. The highest BCUT2D eigenvalue weighted by molar-refractivity contribution is 5.69. The predicted molar refractivity (Wildman–Crippen MR) is 71.2 cm³/mol. The lowest BCUT2D eigenvalue weighted by atomic mass is 9.98. The van der Waals surface area contributed by atoms with Crippen LogP contribution in [0.3, 0.4) is 0 Å². The molecule has 0 saturated heterocycles. The van der Waals surface area contributed by atoms with E-state index in [4.69, 9.17) is 4.74 Å². The van der Waals surface area contributed by atoms with Crippen LogP contribution < -0.4 is 0 Å². The molecule has 1 aliphatic rings. The molecule has 2 atom stereocenters. The van der Waals surface area contributed by atoms with Gasteiger partial charge in [0.1, 0.15) is 12.3 Å². The van der Waals surface area contributed by atoms with Crippen LogP contribution in [-0.4, -0.2) is 18.2 Å². The minimum absolute atomic E-state index is 0.269. The number of alkyl halides is 1. The van der Waals surface area contributed by atoms with E-state index in [-0.39, 0.29) is 5.97 Å². The van der Waals surface area contributed by atoms with Gasteiger partial charge in [0.05, 0.1) is 0 Å². The summed E-state index contributed by atoms with van der Waals surface area (Å²) in [6.07, 6.45) is 9.24. The van der Waals surface area contributed by atoms with Gasteiger partial charge in [0.2, 0.25) is 0 Å². The maximum absolute atomic E-state index is 14.1. The van der Waals surface area contributed by atoms with E-state index in [0.29, 0.717) is 19.3 Å². The van der Waals surface area contributed by atoms with Gasteiger partial charge in [0.25, 0.3) is 0 Å². The molecule has 0 spiro atoms. The molecule has 1 rings (SSSR count). The summed E-state index contributed by atoms with van der Waals surface area (Å²) < 4.78 is 19.3. The number of carbonyl (C=O) groups excluding carboxylic acids is 1. The summed E-state index contributed by atoms with van der Waals surface area (Å²) >= 11 is 0. The highest BCUT2D eigenvalue weighted by Gasteiger charge is 2.24. The van der Waals surface area contributed by atoms with E-state index in [9.17, 15) is 9.18 Å². The zero-order chi connectivity index (χ0) is 13.2. The van der Waals surface area contributed by atoms with Crippen molar-refractivity contribution in [2.45, 2.75) is 89.8 Å². The topological polar surface area (TPSA) is 26.3 Å². The first kappa shape index (κ1) is 15.5. The third kappa shape index (κ3) is 6.36. The summed E-state index contributed by atoms with van der Waals surface area (Å²) in [6.45, 7) is 1.75. The lowest BCUT2D eigenvalue weighted by Crippen LogP contribution is -2.28. The summed E-state index contributed by atoms with van der Waals surface area (Å²) in [6, 6.07) is 0. The highest BCUT2D eigenvalue weighted by atomic mass is 19.1. The summed E-state index contributed by atoms with van der Waals surface area (Å²) in [7, 11) is 0. The molecule has 0 aromatic rings. The largest absolute Gasteiger partial charge is 0.459 e. The molecule has 2 nitrogen and oxygen atoms in total. The summed E-state index contributed by atoms with van der Waals surface area (Å²) in [5, 5.41) is 0.